The van der Waals surface area contributed by atoms with Crippen molar-refractivity contribution in [1.82, 2.24) is 14.5 Å². The lowest BCUT2D eigenvalue weighted by Crippen LogP contribution is -2.24. The molecule has 0 unspecified atom stereocenters. The van der Waals surface area contributed by atoms with Gasteiger partial charge in [-0.25, -0.2) is 14.8 Å². The van der Waals surface area contributed by atoms with Crippen LogP contribution in [0.5, 0.6) is 5.75 Å². The van der Waals surface area contributed by atoms with Gasteiger partial charge in [-0.15, -0.1) is 11.3 Å². The van der Waals surface area contributed by atoms with Crippen molar-refractivity contribution in [3.63, 3.8) is 0 Å². The van der Waals surface area contributed by atoms with Gasteiger partial charge < -0.3 is 14.3 Å². The Labute approximate surface area is 215 Å². The standard InChI is InChI=1S/C26H18F3N3O5S/c1-36-13-4-5-15(17(8-13)12-2-3-12)22-31-23-19(24(33)32(22)10-14-9-30-11-37-14)16-6-7-18(26(27,28)29)20(25(34)35)21(16)38-23/h4-9,11-12H,2-3,10H2,1H3,(H,34,35). The highest BCUT2D eigenvalue weighted by Crippen LogP contribution is 2.46. The predicted octanol–water partition coefficient (Wildman–Crippen LogP) is 5.92. The van der Waals surface area contributed by atoms with E-state index in [1.54, 1.807) is 19.2 Å². The Morgan fingerprint density at radius 1 is 1.26 bits per heavy atom. The Bertz CT molecular complexity index is 1790. The van der Waals surface area contributed by atoms with Gasteiger partial charge in [0.15, 0.2) is 6.39 Å². The van der Waals surface area contributed by atoms with Crippen molar-refractivity contribution >= 4 is 37.6 Å². The highest BCUT2D eigenvalue weighted by molar-refractivity contribution is 7.25. The van der Waals surface area contributed by atoms with Crippen LogP contribution < -0.4 is 10.3 Å². The maximum atomic E-state index is 14.0. The predicted molar refractivity (Wildman–Crippen MR) is 133 cm³/mol. The molecule has 3 heterocycles. The van der Waals surface area contributed by atoms with Gasteiger partial charge in [-0.05, 0) is 48.6 Å². The minimum Gasteiger partial charge on any atom is -0.497 e. The number of carbonyl (C=O) groups is 1. The fraction of sp³-hybridized carbons (Fsp3) is 0.231. The van der Waals surface area contributed by atoms with E-state index in [2.05, 4.69) is 4.98 Å². The number of benzene rings is 2. The maximum Gasteiger partial charge on any atom is 0.417 e. The van der Waals surface area contributed by atoms with E-state index in [4.69, 9.17) is 14.1 Å². The number of aromatic carboxylic acids is 1. The molecule has 0 amide bonds. The van der Waals surface area contributed by atoms with Crippen LogP contribution in [0.4, 0.5) is 13.2 Å². The molecule has 6 rings (SSSR count). The second kappa shape index (κ2) is 8.69. The van der Waals surface area contributed by atoms with E-state index in [9.17, 15) is 27.9 Å². The number of rotatable bonds is 6. The molecule has 194 valence electrons. The van der Waals surface area contributed by atoms with E-state index in [1.807, 2.05) is 6.07 Å². The molecule has 2 aromatic carbocycles. The van der Waals surface area contributed by atoms with Gasteiger partial charge in [0.2, 0.25) is 0 Å². The van der Waals surface area contributed by atoms with E-state index in [-0.39, 0.29) is 32.8 Å². The van der Waals surface area contributed by atoms with Crippen LogP contribution in [0.2, 0.25) is 0 Å². The second-order valence-corrected chi connectivity index (χ2v) is 9.97. The fourth-order valence-corrected chi connectivity index (χ4v) is 5.91. The van der Waals surface area contributed by atoms with Crippen LogP contribution in [0.15, 0.2) is 52.1 Å². The molecular weight excluding hydrogens is 523 g/mol. The Hall–Kier alpha value is -4.19. The Kier molecular flexibility index (Phi) is 5.53. The van der Waals surface area contributed by atoms with Crippen molar-refractivity contribution < 1.29 is 32.2 Å². The molecule has 1 aliphatic carbocycles. The number of ether oxygens (including phenoxy) is 1. The minimum atomic E-state index is -4.88. The van der Waals surface area contributed by atoms with Gasteiger partial charge in [0.25, 0.3) is 5.56 Å². The van der Waals surface area contributed by atoms with E-state index in [1.165, 1.54) is 17.2 Å². The van der Waals surface area contributed by atoms with Gasteiger partial charge in [-0.2, -0.15) is 13.2 Å². The number of thiophene rings is 1. The number of hydrogen-bond donors (Lipinski definition) is 1. The molecule has 1 saturated carbocycles. The number of alkyl halides is 3. The van der Waals surface area contributed by atoms with E-state index < -0.39 is 28.8 Å². The number of halogens is 3. The first-order valence-corrected chi connectivity index (χ1v) is 12.3. The normalized spacial score (nSPS) is 13.9. The van der Waals surface area contributed by atoms with Crippen LogP contribution in [-0.4, -0.2) is 32.7 Å². The molecule has 38 heavy (non-hydrogen) atoms. The summed E-state index contributed by atoms with van der Waals surface area (Å²) in [7, 11) is 1.56. The van der Waals surface area contributed by atoms with Crippen molar-refractivity contribution in [2.45, 2.75) is 31.5 Å². The zero-order chi connectivity index (χ0) is 26.8. The topological polar surface area (TPSA) is 107 Å². The zero-order valence-corrected chi connectivity index (χ0v) is 20.5. The van der Waals surface area contributed by atoms with Crippen molar-refractivity contribution in [3.05, 3.63) is 75.7 Å². The second-order valence-electron chi connectivity index (χ2n) is 8.97. The van der Waals surface area contributed by atoms with Gasteiger partial charge in [0.05, 0.1) is 41.1 Å². The molecule has 0 radical (unpaired) electrons. The molecule has 0 atom stereocenters. The first-order valence-electron chi connectivity index (χ1n) is 11.5. The number of methoxy groups -OCH3 is 1. The number of fused-ring (bicyclic) bond motifs is 3. The fourth-order valence-electron chi connectivity index (χ4n) is 4.70. The summed E-state index contributed by atoms with van der Waals surface area (Å²) in [6.07, 6.45) is -0.280. The van der Waals surface area contributed by atoms with Crippen LogP contribution in [0.1, 0.15) is 46.0 Å². The van der Waals surface area contributed by atoms with Gasteiger partial charge in [-0.3, -0.25) is 9.36 Å². The van der Waals surface area contributed by atoms with E-state index in [0.29, 0.717) is 29.0 Å². The van der Waals surface area contributed by atoms with Crippen molar-refractivity contribution in [2.75, 3.05) is 7.11 Å². The molecule has 0 saturated heterocycles. The molecule has 1 aliphatic rings. The average molecular weight is 542 g/mol. The van der Waals surface area contributed by atoms with Crippen LogP contribution in [0, 0.1) is 0 Å². The number of hydrogen-bond acceptors (Lipinski definition) is 7. The van der Waals surface area contributed by atoms with E-state index >= 15 is 0 Å². The maximum absolute atomic E-state index is 14.0. The average Bonchev–Trinajstić information content (AvgIpc) is 3.46. The third kappa shape index (κ3) is 3.92. The third-order valence-corrected chi connectivity index (χ3v) is 7.71. The number of carboxylic acid groups (broad SMARTS) is 1. The van der Waals surface area contributed by atoms with Gasteiger partial charge >= 0.3 is 12.1 Å². The molecule has 3 aromatic heterocycles. The van der Waals surface area contributed by atoms with Crippen molar-refractivity contribution in [2.24, 2.45) is 0 Å². The molecule has 0 spiro atoms. The Morgan fingerprint density at radius 2 is 2.05 bits per heavy atom. The summed E-state index contributed by atoms with van der Waals surface area (Å²) >= 11 is 0.758. The lowest BCUT2D eigenvalue weighted by molar-refractivity contribution is -0.138. The molecule has 12 heteroatoms. The molecular formula is C26H18F3N3O5S. The Balaban J connectivity index is 1.69. The van der Waals surface area contributed by atoms with Gasteiger partial charge in [0, 0.05) is 10.9 Å². The smallest absolute Gasteiger partial charge is 0.417 e. The SMILES string of the molecule is COc1ccc(-c2nc3sc4c(C(=O)O)c(C(F)(F)F)ccc4c3c(=O)n2Cc2cnco2)c(C2CC2)c1. The summed E-state index contributed by atoms with van der Waals surface area (Å²) < 4.78 is 53.0. The molecule has 0 aliphatic heterocycles. The van der Waals surface area contributed by atoms with Crippen molar-refractivity contribution in [3.8, 4) is 17.1 Å². The van der Waals surface area contributed by atoms with Crippen molar-refractivity contribution in [1.29, 1.82) is 0 Å². The first kappa shape index (κ1) is 24.2. The third-order valence-electron chi connectivity index (χ3n) is 6.60. The highest BCUT2D eigenvalue weighted by Gasteiger charge is 2.37. The lowest BCUT2D eigenvalue weighted by atomic mass is 10.0. The van der Waals surface area contributed by atoms with Crippen LogP contribution in [0.25, 0.3) is 31.7 Å². The largest absolute Gasteiger partial charge is 0.497 e. The molecule has 8 nitrogen and oxygen atoms in total. The van der Waals surface area contributed by atoms with Crippen LogP contribution >= 0.6 is 11.3 Å². The summed E-state index contributed by atoms with van der Waals surface area (Å²) in [5.74, 6) is -0.165. The van der Waals surface area contributed by atoms with Gasteiger partial charge in [0.1, 0.15) is 22.2 Å². The number of nitrogens with zero attached hydrogens (tertiary/aromatic N) is 3. The lowest BCUT2D eigenvalue weighted by Gasteiger charge is -2.15. The molecule has 5 aromatic rings. The minimum absolute atomic E-state index is 0.0307. The van der Waals surface area contributed by atoms with Crippen LogP contribution in [0.3, 0.4) is 0 Å². The molecule has 1 fully saturated rings. The Morgan fingerprint density at radius 3 is 2.68 bits per heavy atom. The summed E-state index contributed by atoms with van der Waals surface area (Å²) in [6.45, 7) is -0.0307. The first-order chi connectivity index (χ1) is 18.2. The van der Waals surface area contributed by atoms with Crippen LogP contribution in [-0.2, 0) is 12.7 Å². The number of carboxylic acids is 1. The molecule has 0 bridgehead atoms. The summed E-state index contributed by atoms with van der Waals surface area (Å²) in [5, 5.41) is 9.85. The van der Waals surface area contributed by atoms with Gasteiger partial charge in [-0.1, -0.05) is 6.07 Å². The summed E-state index contributed by atoms with van der Waals surface area (Å²) in [4.78, 5) is 34.7. The van der Waals surface area contributed by atoms with E-state index in [0.717, 1.165) is 35.8 Å². The number of oxazole rings is 1. The molecule has 1 N–H and O–H groups in total. The quantitative estimate of drug-likeness (QED) is 0.284. The highest BCUT2D eigenvalue weighted by atomic mass is 32.1. The summed E-state index contributed by atoms with van der Waals surface area (Å²) in [6, 6.07) is 7.27. The zero-order valence-electron chi connectivity index (χ0n) is 19.7. The number of aromatic nitrogens is 3. The monoisotopic (exact) mass is 541 g/mol. The summed E-state index contributed by atoms with van der Waals surface area (Å²) in [5.41, 5.74) is -1.09.